The largest absolute Gasteiger partial charge is 0.481 e. The summed E-state index contributed by atoms with van der Waals surface area (Å²) in [7, 11) is 0. The molecule has 1 heterocycles. The second-order valence-corrected chi connectivity index (χ2v) is 4.14. The number of hydrogen-bond acceptors (Lipinski definition) is 2. The molecule has 72 valence electrons. The molecule has 0 fully saturated rings. The third-order valence-electron chi connectivity index (χ3n) is 1.92. The van der Waals surface area contributed by atoms with E-state index in [-0.39, 0.29) is 6.42 Å². The Hall–Kier alpha value is -1.11. The molecule has 2 aromatic rings. The fraction of sp³-hybridized carbons (Fsp3) is 0.111. The number of aromatic nitrogens is 2. The molecule has 0 saturated heterocycles. The van der Waals surface area contributed by atoms with E-state index in [1.165, 1.54) is 0 Å². The van der Waals surface area contributed by atoms with Crippen LogP contribution in [0.3, 0.4) is 0 Å². The highest BCUT2D eigenvalue weighted by Gasteiger charge is 2.06. The van der Waals surface area contributed by atoms with E-state index in [1.54, 1.807) is 6.20 Å². The number of benzene rings is 1. The summed E-state index contributed by atoms with van der Waals surface area (Å²) in [4.78, 5) is 10.5. The number of nitrogens with one attached hydrogen (secondary N) is 1. The van der Waals surface area contributed by atoms with E-state index >= 15 is 0 Å². The van der Waals surface area contributed by atoms with Crippen LogP contribution in [0.5, 0.6) is 0 Å². The minimum Gasteiger partial charge on any atom is -0.481 e. The molecule has 0 saturated carbocycles. The molecule has 2 rings (SSSR count). The van der Waals surface area contributed by atoms with Crippen LogP contribution in [0.2, 0.25) is 0 Å². The maximum Gasteiger partial charge on any atom is 0.307 e. The molecule has 1 aromatic heterocycles. The Kier molecular flexibility index (Phi) is 2.40. The number of aliphatic carboxylic acids is 1. The number of hydrogen-bond donors (Lipinski definition) is 2. The van der Waals surface area contributed by atoms with Crippen molar-refractivity contribution in [1.29, 1.82) is 0 Å². The number of aromatic amines is 1. The molecule has 0 unspecified atom stereocenters. The van der Waals surface area contributed by atoms with E-state index in [0.717, 1.165) is 20.0 Å². The minimum absolute atomic E-state index is 0.0466. The first kappa shape index (κ1) is 9.45. The fourth-order valence-electron chi connectivity index (χ4n) is 1.34. The molecule has 0 aliphatic carbocycles. The van der Waals surface area contributed by atoms with Gasteiger partial charge in [-0.1, -0.05) is 0 Å². The summed E-state index contributed by atoms with van der Waals surface area (Å²) in [6.07, 6.45) is 1.78. The average Bonchev–Trinajstić information content (AvgIpc) is 2.50. The van der Waals surface area contributed by atoms with Crippen molar-refractivity contribution in [3.05, 3.63) is 27.5 Å². The van der Waals surface area contributed by atoms with Crippen LogP contribution in [0.1, 0.15) is 5.56 Å². The first-order valence-corrected chi connectivity index (χ1v) is 5.08. The van der Waals surface area contributed by atoms with E-state index in [1.807, 2.05) is 12.1 Å². The number of halogens is 1. The maximum absolute atomic E-state index is 10.5. The number of rotatable bonds is 2. The summed E-state index contributed by atoms with van der Waals surface area (Å²) in [5.41, 5.74) is 1.67. The second-order valence-electron chi connectivity index (χ2n) is 2.98. The number of nitrogens with zero attached hydrogens (tertiary/aromatic N) is 1. The van der Waals surface area contributed by atoms with Gasteiger partial charge in [0.1, 0.15) is 0 Å². The van der Waals surface area contributed by atoms with Gasteiger partial charge in [0, 0.05) is 8.96 Å². The van der Waals surface area contributed by atoms with Crippen LogP contribution < -0.4 is 0 Å². The summed E-state index contributed by atoms with van der Waals surface area (Å²) < 4.78 is 1.02. The third kappa shape index (κ3) is 1.72. The first-order chi connectivity index (χ1) is 6.66. The lowest BCUT2D eigenvalue weighted by atomic mass is 10.1. The van der Waals surface area contributed by atoms with E-state index in [2.05, 4.69) is 32.8 Å². The molecule has 14 heavy (non-hydrogen) atoms. The van der Waals surface area contributed by atoms with E-state index < -0.39 is 5.97 Å². The Bertz CT molecular complexity index is 493. The summed E-state index contributed by atoms with van der Waals surface area (Å²) >= 11 is 2.17. The molecule has 5 heteroatoms. The molecule has 0 radical (unpaired) electrons. The fourth-order valence-corrected chi connectivity index (χ4v) is 2.17. The van der Waals surface area contributed by atoms with Crippen molar-refractivity contribution in [2.24, 2.45) is 0 Å². The highest BCUT2D eigenvalue weighted by atomic mass is 127. The van der Waals surface area contributed by atoms with E-state index in [9.17, 15) is 4.79 Å². The van der Waals surface area contributed by atoms with Crippen molar-refractivity contribution in [2.75, 3.05) is 0 Å². The highest BCUT2D eigenvalue weighted by Crippen LogP contribution is 2.20. The molecule has 4 nitrogen and oxygen atoms in total. The van der Waals surface area contributed by atoms with Gasteiger partial charge in [-0.2, -0.15) is 5.10 Å². The van der Waals surface area contributed by atoms with Crippen LogP contribution in [0, 0.1) is 3.57 Å². The van der Waals surface area contributed by atoms with Crippen LogP contribution in [0.15, 0.2) is 18.3 Å². The van der Waals surface area contributed by atoms with Gasteiger partial charge in [0.25, 0.3) is 0 Å². The average molecular weight is 302 g/mol. The van der Waals surface area contributed by atoms with Crippen molar-refractivity contribution in [3.63, 3.8) is 0 Å². The van der Waals surface area contributed by atoms with Gasteiger partial charge in [0.15, 0.2) is 0 Å². The monoisotopic (exact) mass is 302 g/mol. The number of carboxylic acid groups (broad SMARTS) is 1. The van der Waals surface area contributed by atoms with Crippen LogP contribution in [0.4, 0.5) is 0 Å². The molecule has 0 amide bonds. The first-order valence-electron chi connectivity index (χ1n) is 4.00. The lowest BCUT2D eigenvalue weighted by molar-refractivity contribution is -0.136. The molecule has 0 atom stereocenters. The molecule has 0 spiro atoms. The summed E-state index contributed by atoms with van der Waals surface area (Å²) in [6.45, 7) is 0. The van der Waals surface area contributed by atoms with Crippen LogP contribution in [0.25, 0.3) is 10.9 Å². The zero-order valence-corrected chi connectivity index (χ0v) is 9.28. The van der Waals surface area contributed by atoms with Crippen LogP contribution in [-0.2, 0) is 11.2 Å². The van der Waals surface area contributed by atoms with Gasteiger partial charge < -0.3 is 5.11 Å². The van der Waals surface area contributed by atoms with Gasteiger partial charge >= 0.3 is 5.97 Å². The smallest absolute Gasteiger partial charge is 0.307 e. The molecule has 2 N–H and O–H groups in total. The third-order valence-corrected chi connectivity index (χ3v) is 2.82. The number of fused-ring (bicyclic) bond motifs is 1. The Morgan fingerprint density at radius 2 is 2.36 bits per heavy atom. The Morgan fingerprint density at radius 3 is 3.07 bits per heavy atom. The van der Waals surface area contributed by atoms with Crippen molar-refractivity contribution >= 4 is 39.5 Å². The molecule has 0 aliphatic rings. The SMILES string of the molecule is O=C(O)Cc1cc(I)c2cn[nH]c2c1. The predicted octanol–water partition coefficient (Wildman–Crippen LogP) is 1.79. The molecule has 0 aliphatic heterocycles. The van der Waals surface area contributed by atoms with Crippen LogP contribution >= 0.6 is 22.6 Å². The predicted molar refractivity (Wildman–Crippen MR) is 60.2 cm³/mol. The maximum atomic E-state index is 10.5. The van der Waals surface area contributed by atoms with Crippen molar-refractivity contribution < 1.29 is 9.90 Å². The lowest BCUT2D eigenvalue weighted by Crippen LogP contribution is -2.00. The topological polar surface area (TPSA) is 66.0 Å². The van der Waals surface area contributed by atoms with Crippen LogP contribution in [-0.4, -0.2) is 21.3 Å². The molecule has 0 bridgehead atoms. The lowest BCUT2D eigenvalue weighted by Gasteiger charge is -1.99. The Morgan fingerprint density at radius 1 is 1.57 bits per heavy atom. The number of H-pyrrole nitrogens is 1. The Labute approximate surface area is 93.5 Å². The van der Waals surface area contributed by atoms with Crippen molar-refractivity contribution in [1.82, 2.24) is 10.2 Å². The number of carbonyl (C=O) groups is 1. The van der Waals surface area contributed by atoms with Crippen molar-refractivity contribution in [2.45, 2.75) is 6.42 Å². The normalized spacial score (nSPS) is 10.6. The molecular weight excluding hydrogens is 295 g/mol. The highest BCUT2D eigenvalue weighted by molar-refractivity contribution is 14.1. The standard InChI is InChI=1S/C9H7IN2O2/c10-7-1-5(3-9(13)14)2-8-6(7)4-11-12-8/h1-2,4H,3H2,(H,11,12)(H,13,14). The molecule has 1 aromatic carbocycles. The van der Waals surface area contributed by atoms with E-state index in [4.69, 9.17) is 5.11 Å². The van der Waals surface area contributed by atoms with Gasteiger partial charge in [-0.05, 0) is 40.3 Å². The summed E-state index contributed by atoms with van der Waals surface area (Å²) in [5, 5.41) is 16.4. The number of carboxylic acids is 1. The molecular formula is C9H7IN2O2. The zero-order valence-electron chi connectivity index (χ0n) is 7.12. The zero-order chi connectivity index (χ0) is 10.1. The van der Waals surface area contributed by atoms with Gasteiger partial charge in [-0.3, -0.25) is 9.89 Å². The Balaban J connectivity index is 2.53. The van der Waals surface area contributed by atoms with Gasteiger partial charge in [-0.15, -0.1) is 0 Å². The van der Waals surface area contributed by atoms with Gasteiger partial charge in [0.05, 0.1) is 18.1 Å². The van der Waals surface area contributed by atoms with Gasteiger partial charge in [-0.25, -0.2) is 0 Å². The van der Waals surface area contributed by atoms with Crippen molar-refractivity contribution in [3.8, 4) is 0 Å². The summed E-state index contributed by atoms with van der Waals surface area (Å²) in [6, 6.07) is 3.69. The summed E-state index contributed by atoms with van der Waals surface area (Å²) in [5.74, 6) is -0.820. The van der Waals surface area contributed by atoms with Gasteiger partial charge in [0.2, 0.25) is 0 Å². The second kappa shape index (κ2) is 3.56. The minimum atomic E-state index is -0.820. The van der Waals surface area contributed by atoms with E-state index in [0.29, 0.717) is 0 Å². The quantitative estimate of drug-likeness (QED) is 0.831.